The van der Waals surface area contributed by atoms with Crippen LogP contribution in [0.15, 0.2) is 18.2 Å². The van der Waals surface area contributed by atoms with Gasteiger partial charge in [-0.25, -0.2) is 8.78 Å². The lowest BCUT2D eigenvalue weighted by molar-refractivity contribution is -0.127. The molecular formula is C10H9F5N2O. The summed E-state index contributed by atoms with van der Waals surface area (Å²) in [6.45, 7) is -2.06. The molecule has 0 saturated heterocycles. The summed E-state index contributed by atoms with van der Waals surface area (Å²) in [5.74, 6) is -2.97. The summed E-state index contributed by atoms with van der Waals surface area (Å²) >= 11 is 0. The molecule has 18 heavy (non-hydrogen) atoms. The monoisotopic (exact) mass is 268 g/mol. The van der Waals surface area contributed by atoms with Crippen molar-refractivity contribution in [1.29, 1.82) is 0 Å². The van der Waals surface area contributed by atoms with Crippen molar-refractivity contribution in [3.05, 3.63) is 29.8 Å². The maximum Gasteiger partial charge on any atom is 0.401 e. The molecule has 0 heterocycles. The van der Waals surface area contributed by atoms with Crippen molar-refractivity contribution in [2.75, 3.05) is 18.4 Å². The lowest BCUT2D eigenvalue weighted by atomic mass is 10.3. The van der Waals surface area contributed by atoms with Gasteiger partial charge in [-0.15, -0.1) is 0 Å². The number of hydrogen-bond acceptors (Lipinski definition) is 2. The molecule has 100 valence electrons. The first-order valence-corrected chi connectivity index (χ1v) is 4.81. The molecule has 0 fully saturated rings. The Hall–Kier alpha value is -1.70. The number of carbonyl (C=O) groups is 1. The third-order valence-corrected chi connectivity index (χ3v) is 1.84. The molecule has 1 rings (SSSR count). The van der Waals surface area contributed by atoms with Gasteiger partial charge in [-0.05, 0) is 12.1 Å². The fourth-order valence-electron chi connectivity index (χ4n) is 1.12. The maximum absolute atomic E-state index is 13.1. The average molecular weight is 268 g/mol. The zero-order chi connectivity index (χ0) is 13.8. The number of rotatable bonds is 4. The minimum atomic E-state index is -4.45. The third kappa shape index (κ3) is 4.66. The van der Waals surface area contributed by atoms with E-state index in [2.05, 4.69) is 0 Å². The zero-order valence-corrected chi connectivity index (χ0v) is 8.94. The molecule has 1 aromatic carbocycles. The zero-order valence-electron chi connectivity index (χ0n) is 8.94. The molecule has 0 unspecified atom stereocenters. The van der Waals surface area contributed by atoms with E-state index in [4.69, 9.17) is 0 Å². The Kier molecular flexibility index (Phi) is 4.60. The van der Waals surface area contributed by atoms with Gasteiger partial charge < -0.3 is 10.6 Å². The van der Waals surface area contributed by atoms with Crippen molar-refractivity contribution < 1.29 is 26.7 Å². The van der Waals surface area contributed by atoms with E-state index in [1.165, 1.54) is 0 Å². The summed E-state index contributed by atoms with van der Waals surface area (Å²) in [6.07, 6.45) is -4.45. The molecule has 2 N–H and O–H groups in total. The number of carbonyl (C=O) groups excluding carboxylic acids is 1. The number of hydrogen-bond donors (Lipinski definition) is 2. The van der Waals surface area contributed by atoms with Gasteiger partial charge in [0.2, 0.25) is 5.91 Å². The van der Waals surface area contributed by atoms with E-state index in [0.717, 1.165) is 18.2 Å². The molecule has 0 saturated carbocycles. The van der Waals surface area contributed by atoms with Gasteiger partial charge in [-0.1, -0.05) is 6.07 Å². The molecule has 0 aliphatic heterocycles. The molecule has 0 aliphatic rings. The molecule has 0 aliphatic carbocycles. The van der Waals surface area contributed by atoms with Gasteiger partial charge >= 0.3 is 6.18 Å². The number of nitrogens with one attached hydrogen (secondary N) is 2. The van der Waals surface area contributed by atoms with Crippen LogP contribution >= 0.6 is 0 Å². The van der Waals surface area contributed by atoms with Crippen LogP contribution in [0, 0.1) is 11.6 Å². The summed E-state index contributed by atoms with van der Waals surface area (Å²) in [7, 11) is 0. The standard InChI is InChI=1S/C10H9F5N2O/c11-6-2-1-3-7(12)9(6)17-8(18)4-16-5-10(13,14)15/h1-3,16H,4-5H2,(H,17,18). The van der Waals surface area contributed by atoms with E-state index in [0.29, 0.717) is 0 Å². The van der Waals surface area contributed by atoms with Gasteiger partial charge in [0.1, 0.15) is 17.3 Å². The fraction of sp³-hybridized carbons (Fsp3) is 0.300. The van der Waals surface area contributed by atoms with Crippen LogP contribution < -0.4 is 10.6 Å². The Bertz CT molecular complexity index is 413. The summed E-state index contributed by atoms with van der Waals surface area (Å²) in [6, 6.07) is 2.94. The van der Waals surface area contributed by atoms with Gasteiger partial charge in [0.05, 0.1) is 13.1 Å². The molecule has 0 aromatic heterocycles. The van der Waals surface area contributed by atoms with Gasteiger partial charge in [0.25, 0.3) is 0 Å². The number of amides is 1. The quantitative estimate of drug-likeness (QED) is 0.821. The van der Waals surface area contributed by atoms with E-state index < -0.39 is 42.5 Å². The third-order valence-electron chi connectivity index (χ3n) is 1.84. The number of halogens is 5. The molecule has 8 heteroatoms. The first-order chi connectivity index (χ1) is 8.29. The minimum absolute atomic E-state index is 0.684. The maximum atomic E-state index is 13.1. The second-order valence-corrected chi connectivity index (χ2v) is 3.36. The average Bonchev–Trinajstić information content (AvgIpc) is 2.22. The van der Waals surface area contributed by atoms with Crippen molar-refractivity contribution in [2.45, 2.75) is 6.18 Å². The first-order valence-electron chi connectivity index (χ1n) is 4.81. The van der Waals surface area contributed by atoms with Crippen LogP contribution in [0.3, 0.4) is 0 Å². The number of anilines is 1. The number of alkyl halides is 3. The van der Waals surface area contributed by atoms with Crippen molar-refractivity contribution in [2.24, 2.45) is 0 Å². The summed E-state index contributed by atoms with van der Waals surface area (Å²) in [4.78, 5) is 11.1. The second kappa shape index (κ2) is 5.76. The molecule has 1 amide bonds. The van der Waals surface area contributed by atoms with Crippen molar-refractivity contribution in [3.8, 4) is 0 Å². The smallest absolute Gasteiger partial charge is 0.320 e. The fourth-order valence-corrected chi connectivity index (χ4v) is 1.12. The van der Waals surface area contributed by atoms with Crippen LogP contribution in [-0.4, -0.2) is 25.2 Å². The lowest BCUT2D eigenvalue weighted by Crippen LogP contribution is -2.35. The van der Waals surface area contributed by atoms with Crippen LogP contribution in [0.5, 0.6) is 0 Å². The molecule has 0 bridgehead atoms. The van der Waals surface area contributed by atoms with Crippen LogP contribution in [0.2, 0.25) is 0 Å². The topological polar surface area (TPSA) is 41.1 Å². The lowest BCUT2D eigenvalue weighted by Gasteiger charge is -2.09. The van der Waals surface area contributed by atoms with E-state index in [-0.39, 0.29) is 0 Å². The van der Waals surface area contributed by atoms with Gasteiger partial charge in [0, 0.05) is 0 Å². The van der Waals surface area contributed by atoms with Crippen molar-refractivity contribution in [3.63, 3.8) is 0 Å². The molecule has 3 nitrogen and oxygen atoms in total. The van der Waals surface area contributed by atoms with Crippen molar-refractivity contribution >= 4 is 11.6 Å². The Labute approximate surface area is 99.0 Å². The number of para-hydroxylation sites is 1. The summed E-state index contributed by atoms with van der Waals surface area (Å²) in [5, 5.41) is 3.65. The molecule has 1 aromatic rings. The van der Waals surface area contributed by atoms with E-state index in [1.54, 1.807) is 5.32 Å². The van der Waals surface area contributed by atoms with Gasteiger partial charge in [0.15, 0.2) is 0 Å². The van der Waals surface area contributed by atoms with E-state index in [1.807, 2.05) is 5.32 Å². The predicted octanol–water partition coefficient (Wildman–Crippen LogP) is 2.06. The largest absolute Gasteiger partial charge is 0.401 e. The Morgan fingerprint density at radius 3 is 2.22 bits per heavy atom. The van der Waals surface area contributed by atoms with Crippen LogP contribution in [-0.2, 0) is 4.79 Å². The molecule has 0 spiro atoms. The normalized spacial score (nSPS) is 11.4. The first kappa shape index (κ1) is 14.4. The highest BCUT2D eigenvalue weighted by atomic mass is 19.4. The Morgan fingerprint density at radius 2 is 1.72 bits per heavy atom. The molecule has 0 atom stereocenters. The van der Waals surface area contributed by atoms with Crippen LogP contribution in [0.25, 0.3) is 0 Å². The summed E-state index contributed by atoms with van der Waals surface area (Å²) < 4.78 is 61.4. The Balaban J connectivity index is 2.50. The highest BCUT2D eigenvalue weighted by Gasteiger charge is 2.26. The number of benzene rings is 1. The van der Waals surface area contributed by atoms with Crippen LogP contribution in [0.4, 0.5) is 27.6 Å². The molecule has 0 radical (unpaired) electrons. The highest BCUT2D eigenvalue weighted by molar-refractivity contribution is 5.92. The Morgan fingerprint density at radius 1 is 1.17 bits per heavy atom. The predicted molar refractivity (Wildman–Crippen MR) is 53.9 cm³/mol. The van der Waals surface area contributed by atoms with Crippen LogP contribution in [0.1, 0.15) is 0 Å². The summed E-state index contributed by atoms with van der Waals surface area (Å²) in [5.41, 5.74) is -0.684. The van der Waals surface area contributed by atoms with Crippen molar-refractivity contribution in [1.82, 2.24) is 5.32 Å². The minimum Gasteiger partial charge on any atom is -0.320 e. The highest BCUT2D eigenvalue weighted by Crippen LogP contribution is 2.17. The SMILES string of the molecule is O=C(CNCC(F)(F)F)Nc1c(F)cccc1F. The second-order valence-electron chi connectivity index (χ2n) is 3.36. The van der Waals surface area contributed by atoms with E-state index >= 15 is 0 Å². The molecular weight excluding hydrogens is 259 g/mol. The van der Waals surface area contributed by atoms with Gasteiger partial charge in [-0.3, -0.25) is 4.79 Å². The van der Waals surface area contributed by atoms with E-state index in [9.17, 15) is 26.7 Å². The van der Waals surface area contributed by atoms with Gasteiger partial charge in [-0.2, -0.15) is 13.2 Å².